The molecule has 2 rings (SSSR count). The third kappa shape index (κ3) is 2.61. The molecule has 78 valence electrons. The molecule has 0 saturated carbocycles. The zero-order valence-corrected chi connectivity index (χ0v) is 9.35. The summed E-state index contributed by atoms with van der Waals surface area (Å²) in [6.45, 7) is 0. The predicted octanol–water partition coefficient (Wildman–Crippen LogP) is 2.53. The van der Waals surface area contributed by atoms with E-state index in [1.807, 2.05) is 17.6 Å². The van der Waals surface area contributed by atoms with Crippen LogP contribution in [0.25, 0.3) is 0 Å². The quantitative estimate of drug-likeness (QED) is 0.820. The van der Waals surface area contributed by atoms with Gasteiger partial charge in [-0.05, 0) is 29.7 Å². The second-order valence-electron chi connectivity index (χ2n) is 2.77. The van der Waals surface area contributed by atoms with Crippen molar-refractivity contribution in [2.45, 2.75) is 4.90 Å². The van der Waals surface area contributed by atoms with Crippen LogP contribution in [0.2, 0.25) is 0 Å². The molecule has 1 aliphatic rings. The normalized spacial score (nSPS) is 12.5. The molecule has 15 heavy (non-hydrogen) atoms. The number of benzene rings is 1. The van der Waals surface area contributed by atoms with Crippen LogP contribution in [0.15, 0.2) is 39.6 Å². The Morgan fingerprint density at radius 2 is 2.20 bits per heavy atom. The lowest BCUT2D eigenvalue weighted by Gasteiger charge is -2.02. The van der Waals surface area contributed by atoms with E-state index in [1.54, 1.807) is 30.1 Å². The number of nitrogens with zero attached hydrogens (tertiary/aromatic N) is 1. The Hall–Kier alpha value is -1.26. The van der Waals surface area contributed by atoms with Crippen molar-refractivity contribution >= 4 is 42.0 Å². The highest BCUT2D eigenvalue weighted by Crippen LogP contribution is 2.32. The molecule has 5 heteroatoms. The Kier molecular flexibility index (Phi) is 3.94. The number of allylic oxidation sites excluding steroid dienone is 1. The summed E-state index contributed by atoms with van der Waals surface area (Å²) in [6, 6.07) is 5.27. The van der Waals surface area contributed by atoms with Crippen LogP contribution < -0.4 is 5.73 Å². The van der Waals surface area contributed by atoms with Crippen molar-refractivity contribution < 1.29 is 4.79 Å². The lowest BCUT2D eigenvalue weighted by molar-refractivity contribution is 0.100. The van der Waals surface area contributed by atoms with Gasteiger partial charge in [0.05, 0.1) is 5.69 Å². The fraction of sp³-hybridized carbons (Fsp3) is 0. The Bertz CT molecular complexity index is 443. The molecule has 2 N–H and O–H groups in total. The van der Waals surface area contributed by atoms with Crippen molar-refractivity contribution in [1.82, 2.24) is 0 Å². The van der Waals surface area contributed by atoms with Gasteiger partial charge < -0.3 is 5.73 Å². The van der Waals surface area contributed by atoms with Gasteiger partial charge >= 0.3 is 0 Å². The van der Waals surface area contributed by atoms with Crippen molar-refractivity contribution in [2.24, 2.45) is 10.7 Å². The van der Waals surface area contributed by atoms with Gasteiger partial charge in [-0.1, -0.05) is 11.8 Å². The molecular weight excluding hydrogens is 232 g/mol. The summed E-state index contributed by atoms with van der Waals surface area (Å²) in [5.41, 5.74) is 6.45. The Balaban J connectivity index is 0.00000112. The molecule has 0 unspecified atom stereocenters. The summed E-state index contributed by atoms with van der Waals surface area (Å²) in [5.74, 6) is -0.426. The minimum atomic E-state index is -0.426. The van der Waals surface area contributed by atoms with Crippen molar-refractivity contribution in [3.8, 4) is 0 Å². The number of carbonyl (C=O) groups excluding carboxylic acids is 1. The van der Waals surface area contributed by atoms with Crippen LogP contribution >= 0.6 is 24.2 Å². The zero-order valence-electron chi connectivity index (χ0n) is 7.71. The molecule has 1 amide bonds. The maximum Gasteiger partial charge on any atom is 0.248 e. The second-order valence-corrected chi connectivity index (χ2v) is 3.72. The zero-order chi connectivity index (χ0) is 9.97. The average Bonchev–Trinajstić information content (AvgIpc) is 2.41. The maximum atomic E-state index is 10.9. The van der Waals surface area contributed by atoms with Crippen LogP contribution in [0, 0.1) is 0 Å². The van der Waals surface area contributed by atoms with E-state index in [4.69, 9.17) is 5.73 Å². The van der Waals surface area contributed by atoms with E-state index in [0.29, 0.717) is 5.56 Å². The lowest BCUT2D eigenvalue weighted by Crippen LogP contribution is -2.10. The van der Waals surface area contributed by atoms with Crippen LogP contribution in [0.5, 0.6) is 0 Å². The second kappa shape index (κ2) is 5.00. The van der Waals surface area contributed by atoms with Gasteiger partial charge in [0.2, 0.25) is 5.91 Å². The number of aliphatic imine (C=N–C) groups is 1. The van der Waals surface area contributed by atoms with Gasteiger partial charge in [0.1, 0.15) is 0 Å². The van der Waals surface area contributed by atoms with Crippen LogP contribution in [-0.4, -0.2) is 12.1 Å². The summed E-state index contributed by atoms with van der Waals surface area (Å²) in [7, 11) is 0. The topological polar surface area (TPSA) is 55.5 Å². The van der Waals surface area contributed by atoms with Crippen molar-refractivity contribution in [3.05, 3.63) is 35.2 Å². The molecular formula is C10H9ClN2OS. The van der Waals surface area contributed by atoms with Crippen molar-refractivity contribution in [1.29, 1.82) is 0 Å². The number of carbonyl (C=O) groups is 1. The summed E-state index contributed by atoms with van der Waals surface area (Å²) in [5, 5.41) is 1.94. The monoisotopic (exact) mass is 240 g/mol. The van der Waals surface area contributed by atoms with Crippen LogP contribution in [-0.2, 0) is 0 Å². The third-order valence-corrected chi connectivity index (χ3v) is 2.71. The highest BCUT2D eigenvalue weighted by molar-refractivity contribution is 8.02. The number of hydrogen-bond donors (Lipinski definition) is 1. The van der Waals surface area contributed by atoms with Crippen LogP contribution in [0.3, 0.4) is 0 Å². The molecule has 0 spiro atoms. The molecule has 3 nitrogen and oxygen atoms in total. The number of nitrogens with two attached hydrogens (primary N) is 1. The first-order chi connectivity index (χ1) is 6.77. The first kappa shape index (κ1) is 11.8. The molecule has 1 heterocycles. The molecule has 0 aliphatic carbocycles. The van der Waals surface area contributed by atoms with Crippen molar-refractivity contribution in [2.75, 3.05) is 0 Å². The molecule has 0 bridgehead atoms. The SMILES string of the molecule is Cl.NC(=O)c1ccc2c(c1)N=CC=CS2. The minimum absolute atomic E-state index is 0. The fourth-order valence-corrected chi connectivity index (χ4v) is 1.82. The Labute approximate surface area is 97.9 Å². The molecule has 0 atom stereocenters. The predicted molar refractivity (Wildman–Crippen MR) is 65.4 cm³/mol. The molecule has 1 aromatic rings. The largest absolute Gasteiger partial charge is 0.366 e. The molecule has 0 fully saturated rings. The van der Waals surface area contributed by atoms with Gasteiger partial charge in [-0.15, -0.1) is 12.4 Å². The summed E-state index contributed by atoms with van der Waals surface area (Å²) in [4.78, 5) is 16.1. The third-order valence-electron chi connectivity index (χ3n) is 1.82. The first-order valence-electron chi connectivity index (χ1n) is 4.07. The number of thioether (sulfide) groups is 1. The van der Waals surface area contributed by atoms with Gasteiger partial charge in [-0.25, -0.2) is 0 Å². The maximum absolute atomic E-state index is 10.9. The van der Waals surface area contributed by atoms with E-state index in [-0.39, 0.29) is 12.4 Å². The van der Waals surface area contributed by atoms with E-state index >= 15 is 0 Å². The van der Waals surface area contributed by atoms with E-state index in [1.165, 1.54) is 0 Å². The van der Waals surface area contributed by atoms with Gasteiger partial charge in [0.25, 0.3) is 0 Å². The van der Waals surface area contributed by atoms with Gasteiger partial charge in [0, 0.05) is 16.7 Å². The van der Waals surface area contributed by atoms with Crippen molar-refractivity contribution in [3.63, 3.8) is 0 Å². The van der Waals surface area contributed by atoms with E-state index in [0.717, 1.165) is 10.6 Å². The Morgan fingerprint density at radius 3 is 2.93 bits per heavy atom. The molecule has 0 radical (unpaired) electrons. The van der Waals surface area contributed by atoms with E-state index in [9.17, 15) is 4.79 Å². The van der Waals surface area contributed by atoms with Crippen LogP contribution in [0.4, 0.5) is 5.69 Å². The van der Waals surface area contributed by atoms with Gasteiger partial charge in [-0.3, -0.25) is 9.79 Å². The number of amides is 1. The van der Waals surface area contributed by atoms with Gasteiger partial charge in [-0.2, -0.15) is 0 Å². The summed E-state index contributed by atoms with van der Waals surface area (Å²) < 4.78 is 0. The lowest BCUT2D eigenvalue weighted by atomic mass is 10.2. The summed E-state index contributed by atoms with van der Waals surface area (Å²) in [6.07, 6.45) is 3.55. The van der Waals surface area contributed by atoms with E-state index in [2.05, 4.69) is 4.99 Å². The van der Waals surface area contributed by atoms with Crippen LogP contribution in [0.1, 0.15) is 10.4 Å². The fourth-order valence-electron chi connectivity index (χ4n) is 1.14. The smallest absolute Gasteiger partial charge is 0.248 e. The first-order valence-corrected chi connectivity index (χ1v) is 4.95. The molecule has 0 saturated heterocycles. The number of primary amides is 1. The Morgan fingerprint density at radius 1 is 1.40 bits per heavy atom. The molecule has 1 aromatic carbocycles. The van der Waals surface area contributed by atoms with Gasteiger partial charge in [0.15, 0.2) is 0 Å². The molecule has 1 aliphatic heterocycles. The average molecular weight is 241 g/mol. The summed E-state index contributed by atoms with van der Waals surface area (Å²) >= 11 is 1.57. The highest BCUT2D eigenvalue weighted by Gasteiger charge is 2.06. The standard InChI is InChI=1S/C10H8N2OS.ClH/c11-10(13)7-2-3-9-8(6-7)12-4-1-5-14-9;/h1-6H,(H2,11,13);1H. The number of fused-ring (bicyclic) bond motifs is 1. The highest BCUT2D eigenvalue weighted by atomic mass is 35.5. The number of rotatable bonds is 1. The number of halogens is 1. The molecule has 0 aromatic heterocycles. The minimum Gasteiger partial charge on any atom is -0.366 e. The van der Waals surface area contributed by atoms with E-state index < -0.39 is 5.91 Å². The number of hydrogen-bond acceptors (Lipinski definition) is 3.